The molecule has 0 atom stereocenters. The van der Waals surface area contributed by atoms with E-state index in [1.807, 2.05) is 24.0 Å². The van der Waals surface area contributed by atoms with Crippen molar-refractivity contribution in [3.05, 3.63) is 59.9 Å². The number of nitrogens with zero attached hydrogens (tertiary/aromatic N) is 5. The molecule has 3 heterocycles. The van der Waals surface area contributed by atoms with E-state index < -0.39 is 11.6 Å². The van der Waals surface area contributed by atoms with Gasteiger partial charge in [0.2, 0.25) is 11.9 Å². The first-order valence-electron chi connectivity index (χ1n) is 10.8. The Hall–Kier alpha value is -3.53. The fraction of sp³-hybridized carbons (Fsp3) is 0.348. The summed E-state index contributed by atoms with van der Waals surface area (Å²) in [7, 11) is 0. The molecule has 3 aromatic rings. The van der Waals surface area contributed by atoms with Crippen molar-refractivity contribution in [2.24, 2.45) is 5.92 Å². The van der Waals surface area contributed by atoms with Crippen molar-refractivity contribution in [1.29, 1.82) is 0 Å². The van der Waals surface area contributed by atoms with Crippen LogP contribution in [0.5, 0.6) is 0 Å². The number of rotatable bonds is 5. The van der Waals surface area contributed by atoms with Gasteiger partial charge in [-0.1, -0.05) is 0 Å². The Morgan fingerprint density at radius 1 is 1.06 bits per heavy atom. The number of aryl methyl sites for hydroxylation is 1. The van der Waals surface area contributed by atoms with Gasteiger partial charge in [-0.15, -0.1) is 5.10 Å². The van der Waals surface area contributed by atoms with Gasteiger partial charge in [0.25, 0.3) is 0 Å². The van der Waals surface area contributed by atoms with Crippen LogP contribution in [0.15, 0.2) is 42.7 Å². The van der Waals surface area contributed by atoms with Gasteiger partial charge in [-0.25, -0.2) is 13.5 Å². The van der Waals surface area contributed by atoms with Crippen LogP contribution in [0.25, 0.3) is 5.69 Å². The summed E-state index contributed by atoms with van der Waals surface area (Å²) in [5.41, 5.74) is 3.09. The second-order valence-corrected chi connectivity index (χ2v) is 8.36. The lowest BCUT2D eigenvalue weighted by Gasteiger charge is -2.43. The number of ether oxygens (including phenoxy) is 1. The number of benzene rings is 2. The Bertz CT molecular complexity index is 1160. The number of carbonyl (C=O) groups is 1. The van der Waals surface area contributed by atoms with Crippen LogP contribution in [0.2, 0.25) is 0 Å². The lowest BCUT2D eigenvalue weighted by atomic mass is 9.96. The first-order chi connectivity index (χ1) is 15.9. The maximum atomic E-state index is 13.5. The van der Waals surface area contributed by atoms with E-state index in [4.69, 9.17) is 4.74 Å². The van der Waals surface area contributed by atoms with E-state index >= 15 is 0 Å². The maximum Gasteiger partial charge on any atom is 0.246 e. The minimum absolute atomic E-state index is 0. The molecule has 2 aromatic carbocycles. The molecule has 1 amide bonds. The highest BCUT2D eigenvalue weighted by Crippen LogP contribution is 2.30. The number of carbonyl (C=O) groups excluding carboxylic acids is 1. The summed E-state index contributed by atoms with van der Waals surface area (Å²) in [5.74, 6) is -0.857. The van der Waals surface area contributed by atoms with Gasteiger partial charge in [-0.2, -0.15) is 4.98 Å². The summed E-state index contributed by atoms with van der Waals surface area (Å²) in [5, 5.41) is 7.42. The number of anilines is 3. The van der Waals surface area contributed by atoms with Crippen molar-refractivity contribution in [2.45, 2.75) is 6.92 Å². The van der Waals surface area contributed by atoms with Crippen LogP contribution in [0.1, 0.15) is 6.99 Å². The van der Waals surface area contributed by atoms with E-state index in [9.17, 15) is 13.6 Å². The summed E-state index contributed by atoms with van der Waals surface area (Å²) in [4.78, 5) is 20.9. The van der Waals surface area contributed by atoms with Crippen LogP contribution >= 0.6 is 0 Å². The van der Waals surface area contributed by atoms with Crippen molar-refractivity contribution >= 4 is 23.2 Å². The highest BCUT2D eigenvalue weighted by Gasteiger charge is 2.36. The molecule has 33 heavy (non-hydrogen) atoms. The second-order valence-electron chi connectivity index (χ2n) is 8.36. The average Bonchev–Trinajstić information content (AvgIpc) is 3.21. The molecule has 0 bridgehead atoms. The molecule has 174 valence electrons. The van der Waals surface area contributed by atoms with Crippen LogP contribution in [0.3, 0.4) is 0 Å². The monoisotopic (exact) mass is 456 g/mol. The molecule has 2 saturated heterocycles. The van der Waals surface area contributed by atoms with Crippen LogP contribution in [-0.4, -0.2) is 65.0 Å². The van der Waals surface area contributed by atoms with E-state index in [2.05, 4.69) is 26.4 Å². The van der Waals surface area contributed by atoms with E-state index in [1.165, 1.54) is 23.1 Å². The summed E-state index contributed by atoms with van der Waals surface area (Å²) in [6, 6.07) is 9.19. The quantitative estimate of drug-likeness (QED) is 0.636. The Balaban J connectivity index is 0.00000274. The minimum Gasteiger partial charge on any atom is -0.378 e. The molecular weight excluding hydrogens is 430 g/mol. The molecule has 0 radical (unpaired) electrons. The Kier molecular flexibility index (Phi) is 5.67. The number of amides is 1. The first kappa shape index (κ1) is 21.3. The molecule has 1 aromatic heterocycles. The zero-order chi connectivity index (χ0) is 22.9. The zero-order valence-corrected chi connectivity index (χ0v) is 18.2. The highest BCUT2D eigenvalue weighted by atomic mass is 19.1. The summed E-state index contributed by atoms with van der Waals surface area (Å²) in [6.45, 7) is 5.88. The molecule has 0 aliphatic carbocycles. The lowest BCUT2D eigenvalue weighted by molar-refractivity contribution is -0.140. The van der Waals surface area contributed by atoms with Gasteiger partial charge < -0.3 is 19.9 Å². The summed E-state index contributed by atoms with van der Waals surface area (Å²) >= 11 is 0. The maximum absolute atomic E-state index is 13.5. The number of nitrogens with one attached hydrogen (secondary N) is 1. The third-order valence-corrected chi connectivity index (χ3v) is 5.84. The zero-order valence-electron chi connectivity index (χ0n) is 18.2. The smallest absolute Gasteiger partial charge is 0.246 e. The second kappa shape index (κ2) is 8.78. The van der Waals surface area contributed by atoms with Crippen molar-refractivity contribution in [1.82, 2.24) is 19.7 Å². The normalized spacial score (nSPS) is 16.6. The van der Waals surface area contributed by atoms with Gasteiger partial charge in [-0.05, 0) is 42.8 Å². The number of morpholine rings is 1. The molecule has 0 spiro atoms. The van der Waals surface area contributed by atoms with E-state index in [1.54, 1.807) is 0 Å². The predicted octanol–water partition coefficient (Wildman–Crippen LogP) is 3.14. The summed E-state index contributed by atoms with van der Waals surface area (Å²) in [6.07, 6.45) is 1.39. The average molecular weight is 456 g/mol. The van der Waals surface area contributed by atoms with E-state index in [0.29, 0.717) is 45.3 Å². The minimum atomic E-state index is -0.682. The van der Waals surface area contributed by atoms with Crippen molar-refractivity contribution in [2.75, 3.05) is 49.6 Å². The molecule has 8 nitrogen and oxygen atoms in total. The fourth-order valence-corrected chi connectivity index (χ4v) is 4.15. The molecule has 10 heteroatoms. The Morgan fingerprint density at radius 2 is 1.79 bits per heavy atom. The number of aromatic nitrogens is 3. The molecule has 5 rings (SSSR count). The van der Waals surface area contributed by atoms with Crippen molar-refractivity contribution in [3.63, 3.8) is 0 Å². The van der Waals surface area contributed by atoms with Crippen LogP contribution < -0.4 is 10.2 Å². The number of hydrogen-bond donors (Lipinski definition) is 1. The molecule has 2 aliphatic heterocycles. The van der Waals surface area contributed by atoms with Crippen molar-refractivity contribution in [3.8, 4) is 5.69 Å². The van der Waals surface area contributed by atoms with Gasteiger partial charge in [-0.3, -0.25) is 4.79 Å². The van der Waals surface area contributed by atoms with Gasteiger partial charge in [0, 0.05) is 45.0 Å². The number of halogens is 2. The van der Waals surface area contributed by atoms with Gasteiger partial charge in [0.1, 0.15) is 18.0 Å². The largest absolute Gasteiger partial charge is 0.378 e. The SMILES string of the molecule is Cc1cc(Nc2ncn(-c3cc(F)cc(F)c3)n2)cc(N2CC(C(=O)N3CCOCC3)C2)c1.[HH]. The van der Waals surface area contributed by atoms with Gasteiger partial charge >= 0.3 is 0 Å². The molecule has 1 N–H and O–H groups in total. The fourth-order valence-electron chi connectivity index (χ4n) is 4.15. The van der Waals surface area contributed by atoms with Crippen molar-refractivity contribution < 1.29 is 19.7 Å². The topological polar surface area (TPSA) is 75.5 Å². The predicted molar refractivity (Wildman–Crippen MR) is 121 cm³/mol. The number of hydrogen-bond acceptors (Lipinski definition) is 6. The van der Waals surface area contributed by atoms with Gasteiger partial charge in [0.15, 0.2) is 0 Å². The third kappa shape index (κ3) is 4.65. The molecule has 2 aliphatic rings. The lowest BCUT2D eigenvalue weighted by Crippen LogP contribution is -2.56. The third-order valence-electron chi connectivity index (χ3n) is 5.84. The summed E-state index contributed by atoms with van der Waals surface area (Å²) < 4.78 is 33.6. The van der Waals surface area contributed by atoms with E-state index in [-0.39, 0.29) is 18.9 Å². The molecule has 0 unspecified atom stereocenters. The molecule has 2 fully saturated rings. The molecular formula is C23H26F2N6O2. The van der Waals surface area contributed by atoms with Crippen LogP contribution in [0.4, 0.5) is 26.1 Å². The first-order valence-corrected chi connectivity index (χ1v) is 10.8. The van der Waals surface area contributed by atoms with Crippen LogP contribution in [-0.2, 0) is 9.53 Å². The van der Waals surface area contributed by atoms with E-state index in [0.717, 1.165) is 23.0 Å². The Morgan fingerprint density at radius 3 is 2.52 bits per heavy atom. The highest BCUT2D eigenvalue weighted by molar-refractivity contribution is 5.82. The standard InChI is InChI=1S/C23H24F2N6O2.H2/c1-15-6-19(27-23-26-14-31(28-23)21-9-17(24)8-18(25)10-21)11-20(7-15)30-12-16(13-30)22(32)29-2-4-33-5-3-29;/h6-11,14,16H,2-5,12-13H2,1H3,(H,27,28);1H. The van der Waals surface area contributed by atoms with Gasteiger partial charge in [0.05, 0.1) is 24.8 Å². The molecule has 0 saturated carbocycles. The van der Waals surface area contributed by atoms with Crippen LogP contribution in [0, 0.1) is 24.5 Å². The Labute approximate surface area is 191 Å².